The Morgan fingerprint density at radius 3 is 2.00 bits per heavy atom. The first kappa shape index (κ1) is 46.2. The predicted octanol–water partition coefficient (Wildman–Crippen LogP) is -0.214. The molecule has 10 N–H and O–H groups in total. The number of ether oxygens (including phenoxy) is 7. The van der Waals surface area contributed by atoms with Crippen molar-refractivity contribution in [1.82, 2.24) is 5.32 Å². The number of aliphatic hydroxyl groups excluding tert-OH is 9. The first-order valence-electron chi connectivity index (χ1n) is 23.4. The second kappa shape index (κ2) is 17.0. The van der Waals surface area contributed by atoms with E-state index in [0.717, 1.165) is 45.1 Å². The SMILES string of the molecule is C[C@H]1CN[C@@]2(O[C@H]3C[C@@H]4[C@@H]5CC=C6C[C@@H](O[C@@H]7[C@@H](O[C@@H]8O[C@@H](C)[C@H](O)[C@@H](O)[C@H]8O)[C@H](O)O[C@H](CO)[C@H]7O[C@@H]7O[C@@H](C)[C@H](O)[C@@H](O)[C@H]7O)CC[C@]6(C)[C@@H]5CC[C@]4(C)[C@H]3[C@@H]2C)[C@@H](O)C1. The van der Waals surface area contributed by atoms with Gasteiger partial charge in [-0.3, -0.25) is 5.32 Å². The van der Waals surface area contributed by atoms with Crippen molar-refractivity contribution in [3.8, 4) is 0 Å². The molecule has 0 aromatic heterocycles. The monoisotopic (exact) mass is 883 g/mol. The Morgan fingerprint density at radius 1 is 0.726 bits per heavy atom. The summed E-state index contributed by atoms with van der Waals surface area (Å²) in [5.41, 5.74) is 0.641. The van der Waals surface area contributed by atoms with E-state index in [-0.39, 0.29) is 22.9 Å². The maximum absolute atomic E-state index is 11.5. The third-order valence-electron chi connectivity index (χ3n) is 17.9. The van der Waals surface area contributed by atoms with Gasteiger partial charge >= 0.3 is 0 Å². The van der Waals surface area contributed by atoms with Gasteiger partial charge in [0.25, 0.3) is 0 Å². The lowest BCUT2D eigenvalue weighted by molar-refractivity contribution is -0.386. The van der Waals surface area contributed by atoms with Gasteiger partial charge in [0.1, 0.15) is 66.8 Å². The van der Waals surface area contributed by atoms with Crippen LogP contribution < -0.4 is 5.32 Å². The highest BCUT2D eigenvalue weighted by Gasteiger charge is 2.70. The molecule has 9 aliphatic rings. The summed E-state index contributed by atoms with van der Waals surface area (Å²) < 4.78 is 43.7. The quantitative estimate of drug-likeness (QED) is 0.148. The summed E-state index contributed by atoms with van der Waals surface area (Å²) in [5, 5.41) is 101. The van der Waals surface area contributed by atoms with E-state index < -0.39 is 117 Å². The molecule has 27 atom stereocenters. The Kier molecular flexibility index (Phi) is 12.7. The Bertz CT molecular complexity index is 1640. The zero-order valence-electron chi connectivity index (χ0n) is 36.9. The molecule has 0 bridgehead atoms. The van der Waals surface area contributed by atoms with Crippen LogP contribution in [0.5, 0.6) is 0 Å². The van der Waals surface area contributed by atoms with Crippen LogP contribution in [0.3, 0.4) is 0 Å². The fourth-order valence-corrected chi connectivity index (χ4v) is 14.4. The van der Waals surface area contributed by atoms with Crippen LogP contribution in [0.25, 0.3) is 0 Å². The van der Waals surface area contributed by atoms with Crippen molar-refractivity contribution >= 4 is 0 Å². The molecule has 9 rings (SSSR count). The molecule has 4 aliphatic carbocycles. The summed E-state index contributed by atoms with van der Waals surface area (Å²) in [4.78, 5) is 0. The molecule has 8 fully saturated rings. The zero-order valence-corrected chi connectivity index (χ0v) is 36.9. The number of hydrogen-bond acceptors (Lipinski definition) is 17. The van der Waals surface area contributed by atoms with Crippen molar-refractivity contribution in [3.63, 3.8) is 0 Å². The molecule has 17 nitrogen and oxygen atoms in total. The first-order chi connectivity index (χ1) is 29.3. The van der Waals surface area contributed by atoms with Gasteiger partial charge in [-0.2, -0.15) is 0 Å². The molecule has 0 amide bonds. The molecule has 0 radical (unpaired) electrons. The molecule has 62 heavy (non-hydrogen) atoms. The molecular weight excluding hydrogens is 810 g/mol. The van der Waals surface area contributed by atoms with Crippen molar-refractivity contribution in [1.29, 1.82) is 0 Å². The second-order valence-corrected chi connectivity index (χ2v) is 21.3. The van der Waals surface area contributed by atoms with Crippen LogP contribution in [-0.4, -0.2) is 175 Å². The minimum Gasteiger partial charge on any atom is -0.394 e. The van der Waals surface area contributed by atoms with Crippen LogP contribution in [-0.2, 0) is 33.2 Å². The average molecular weight is 884 g/mol. The maximum atomic E-state index is 11.5. The van der Waals surface area contributed by atoms with E-state index in [0.29, 0.717) is 42.4 Å². The van der Waals surface area contributed by atoms with Gasteiger partial charge in [-0.25, -0.2) is 0 Å². The maximum Gasteiger partial charge on any atom is 0.187 e. The van der Waals surface area contributed by atoms with Gasteiger partial charge in [0.05, 0.1) is 37.1 Å². The van der Waals surface area contributed by atoms with E-state index in [1.807, 2.05) is 0 Å². The lowest BCUT2D eigenvalue weighted by Crippen LogP contribution is -2.67. The highest BCUT2D eigenvalue weighted by Crippen LogP contribution is 2.70. The minimum absolute atomic E-state index is 0.0816. The summed E-state index contributed by atoms with van der Waals surface area (Å²) in [7, 11) is 0. The summed E-state index contributed by atoms with van der Waals surface area (Å²) in [6.07, 6.45) is -12.9. The van der Waals surface area contributed by atoms with Gasteiger partial charge in [-0.1, -0.05) is 39.3 Å². The van der Waals surface area contributed by atoms with Crippen molar-refractivity contribution in [2.45, 2.75) is 209 Å². The van der Waals surface area contributed by atoms with E-state index in [4.69, 9.17) is 33.2 Å². The Hall–Kier alpha value is -0.940. The molecule has 0 aromatic carbocycles. The number of piperidine rings is 1. The van der Waals surface area contributed by atoms with E-state index >= 15 is 0 Å². The highest BCUT2D eigenvalue weighted by atomic mass is 16.8. The molecule has 17 heteroatoms. The molecule has 3 saturated carbocycles. The molecule has 1 spiro atoms. The molecule has 354 valence electrons. The summed E-state index contributed by atoms with van der Waals surface area (Å²) >= 11 is 0. The normalized spacial score (nSPS) is 58.9. The van der Waals surface area contributed by atoms with Gasteiger partial charge in [-0.05, 0) is 106 Å². The summed E-state index contributed by atoms with van der Waals surface area (Å²) in [5.74, 6) is 2.40. The third-order valence-corrected chi connectivity index (χ3v) is 17.9. The second-order valence-electron chi connectivity index (χ2n) is 21.3. The van der Waals surface area contributed by atoms with Crippen LogP contribution in [0.1, 0.15) is 92.9 Å². The van der Waals surface area contributed by atoms with Gasteiger partial charge < -0.3 is 79.1 Å². The number of aliphatic hydroxyl groups is 9. The predicted molar refractivity (Wildman–Crippen MR) is 216 cm³/mol. The van der Waals surface area contributed by atoms with Gasteiger partial charge in [-0.15, -0.1) is 0 Å². The Labute approximate surface area is 364 Å². The van der Waals surface area contributed by atoms with Crippen LogP contribution in [0.4, 0.5) is 0 Å². The zero-order chi connectivity index (χ0) is 44.4. The number of fused-ring (bicyclic) bond motifs is 7. The molecule has 5 saturated heterocycles. The fourth-order valence-electron chi connectivity index (χ4n) is 14.4. The topological polar surface area (TPSA) is 259 Å². The first-order valence-corrected chi connectivity index (χ1v) is 23.4. The molecule has 5 heterocycles. The fraction of sp³-hybridized carbons (Fsp3) is 0.956. The molecule has 0 aromatic rings. The van der Waals surface area contributed by atoms with E-state index in [1.165, 1.54) is 19.4 Å². The van der Waals surface area contributed by atoms with Gasteiger partial charge in [0.15, 0.2) is 18.9 Å². The smallest absolute Gasteiger partial charge is 0.187 e. The van der Waals surface area contributed by atoms with E-state index in [2.05, 4.69) is 39.1 Å². The number of allylic oxidation sites excluding steroid dienone is 1. The average Bonchev–Trinajstić information content (AvgIpc) is 3.70. The minimum atomic E-state index is -1.75. The number of hydrogen-bond donors (Lipinski definition) is 10. The molecular formula is C45H73NO16. The van der Waals surface area contributed by atoms with Crippen molar-refractivity contribution in [2.75, 3.05) is 13.2 Å². The van der Waals surface area contributed by atoms with Crippen LogP contribution in [0.2, 0.25) is 0 Å². The van der Waals surface area contributed by atoms with E-state index in [1.54, 1.807) is 0 Å². The standard InChI is InChI=1S/C45H73NO16/c1-18-13-29(48)45(46-16-18)19(2)30-27(62-45)15-26-24-8-7-22-14-23(9-11-43(22,5)25(24)10-12-44(26,30)6)58-38-37(60-41-35(53)33(51)31(49)20(3)56-41)28(17-47)59-40(55)39(38)61-42-36(54)34(52)32(50)21(4)57-42/h7,18-21,23-42,46-55H,8-17H2,1-6H3/t18-,19+,20+,21+,23+,24-,25-,26-,27+,28-,29+,30+,31+,32+,33-,34-,35-,36-,37-,38+,39-,40-,41+,42+,43+,44+,45+/m1/s1. The Balaban J connectivity index is 0.955. The van der Waals surface area contributed by atoms with Gasteiger partial charge in [0, 0.05) is 12.5 Å². The number of rotatable bonds is 7. The summed E-state index contributed by atoms with van der Waals surface area (Å²) in [6, 6.07) is 0. The van der Waals surface area contributed by atoms with Crippen molar-refractivity contribution in [3.05, 3.63) is 11.6 Å². The van der Waals surface area contributed by atoms with Crippen LogP contribution >= 0.6 is 0 Å². The third kappa shape index (κ3) is 7.31. The molecule has 0 unspecified atom stereocenters. The van der Waals surface area contributed by atoms with Crippen molar-refractivity contribution < 1.29 is 79.1 Å². The number of nitrogens with one attached hydrogen (secondary N) is 1. The lowest BCUT2D eigenvalue weighted by Gasteiger charge is -2.59. The largest absolute Gasteiger partial charge is 0.394 e. The molecule has 5 aliphatic heterocycles. The Morgan fingerprint density at radius 2 is 1.37 bits per heavy atom. The van der Waals surface area contributed by atoms with E-state index in [9.17, 15) is 46.0 Å². The summed E-state index contributed by atoms with van der Waals surface area (Å²) in [6.45, 7) is 12.6. The van der Waals surface area contributed by atoms with Crippen molar-refractivity contribution in [2.24, 2.45) is 46.3 Å². The van der Waals surface area contributed by atoms with Crippen LogP contribution in [0.15, 0.2) is 11.6 Å². The van der Waals surface area contributed by atoms with Gasteiger partial charge in [0.2, 0.25) is 0 Å². The lowest BCUT2D eigenvalue weighted by atomic mass is 9.46. The van der Waals surface area contributed by atoms with Crippen LogP contribution in [0, 0.1) is 46.3 Å². The highest BCUT2D eigenvalue weighted by molar-refractivity contribution is 5.27.